The number of aromatic nitrogens is 1. The molecule has 5 heteroatoms. The van der Waals surface area contributed by atoms with Gasteiger partial charge in [-0.2, -0.15) is 0 Å². The highest BCUT2D eigenvalue weighted by Crippen LogP contribution is 2.27. The lowest BCUT2D eigenvalue weighted by Crippen LogP contribution is -2.28. The third kappa shape index (κ3) is 3.88. The fourth-order valence-electron chi connectivity index (χ4n) is 2.23. The summed E-state index contributed by atoms with van der Waals surface area (Å²) in [6, 6.07) is 18.2. The first-order chi connectivity index (χ1) is 11.8. The number of nitrogens with one attached hydrogen (secondary N) is 2. The van der Waals surface area contributed by atoms with Gasteiger partial charge in [0.1, 0.15) is 0 Å². The molecule has 120 valence electrons. The first-order valence-corrected chi connectivity index (χ1v) is 8.41. The van der Waals surface area contributed by atoms with Gasteiger partial charge in [-0.1, -0.05) is 60.7 Å². The summed E-state index contributed by atoms with van der Waals surface area (Å²) in [6.07, 6.45) is 1.63. The lowest BCUT2D eigenvalue weighted by atomic mass is 10.0. The van der Waals surface area contributed by atoms with Gasteiger partial charge < -0.3 is 5.32 Å². The van der Waals surface area contributed by atoms with Gasteiger partial charge in [-0.05, 0) is 11.1 Å². The highest BCUT2D eigenvalue weighted by atomic mass is 32.1. The molecule has 2 aromatic carbocycles. The van der Waals surface area contributed by atoms with Crippen LogP contribution >= 0.6 is 11.3 Å². The Morgan fingerprint density at radius 3 is 2.42 bits per heavy atom. The quantitative estimate of drug-likeness (QED) is 0.659. The van der Waals surface area contributed by atoms with E-state index in [1.165, 1.54) is 16.9 Å². The van der Waals surface area contributed by atoms with Crippen LogP contribution in [0.1, 0.15) is 0 Å². The van der Waals surface area contributed by atoms with Crippen molar-refractivity contribution in [3.05, 3.63) is 72.6 Å². The summed E-state index contributed by atoms with van der Waals surface area (Å²) in [5.41, 5.74) is 4.21. The number of hydrogen-bond acceptors (Lipinski definition) is 3. The molecule has 1 aromatic heterocycles. The molecule has 0 aliphatic carbocycles. The minimum absolute atomic E-state index is 0.282. The van der Waals surface area contributed by atoms with Crippen LogP contribution in [0.15, 0.2) is 72.6 Å². The Hall–Kier alpha value is -2.92. The van der Waals surface area contributed by atoms with Gasteiger partial charge in [0.15, 0.2) is 5.13 Å². The van der Waals surface area contributed by atoms with E-state index in [1.54, 1.807) is 6.08 Å². The summed E-state index contributed by atoms with van der Waals surface area (Å²) in [5, 5.41) is 7.87. The fraction of sp³-hybridized carbons (Fsp3) is 0.0526. The zero-order valence-electron chi connectivity index (χ0n) is 13.0. The molecule has 0 radical (unpaired) electrons. The van der Waals surface area contributed by atoms with Crippen LogP contribution in [-0.4, -0.2) is 17.6 Å². The molecule has 0 aliphatic rings. The number of urea groups is 1. The average molecular weight is 335 g/mol. The van der Waals surface area contributed by atoms with Crippen LogP contribution < -0.4 is 10.6 Å². The van der Waals surface area contributed by atoms with Crippen LogP contribution in [0.2, 0.25) is 0 Å². The maximum Gasteiger partial charge on any atom is 0.321 e. The van der Waals surface area contributed by atoms with Gasteiger partial charge in [0.25, 0.3) is 0 Å². The number of anilines is 1. The normalized spacial score (nSPS) is 10.2. The molecule has 3 rings (SSSR count). The minimum Gasteiger partial charge on any atom is -0.334 e. The molecule has 2 N–H and O–H groups in total. The Morgan fingerprint density at radius 1 is 1.04 bits per heavy atom. The van der Waals surface area contributed by atoms with Gasteiger partial charge in [-0.15, -0.1) is 17.9 Å². The molecule has 24 heavy (non-hydrogen) atoms. The molecule has 0 atom stereocenters. The van der Waals surface area contributed by atoms with Gasteiger partial charge in [-0.25, -0.2) is 9.78 Å². The zero-order valence-corrected chi connectivity index (χ0v) is 13.8. The van der Waals surface area contributed by atoms with Crippen LogP contribution in [0.3, 0.4) is 0 Å². The van der Waals surface area contributed by atoms with Crippen LogP contribution in [-0.2, 0) is 0 Å². The number of benzene rings is 2. The van der Waals surface area contributed by atoms with E-state index in [4.69, 9.17) is 0 Å². The van der Waals surface area contributed by atoms with Crippen LogP contribution in [0.5, 0.6) is 0 Å². The zero-order chi connectivity index (χ0) is 16.8. The number of rotatable bonds is 5. The summed E-state index contributed by atoms with van der Waals surface area (Å²) >= 11 is 1.40. The number of hydrogen-bond donors (Lipinski definition) is 2. The van der Waals surface area contributed by atoms with Crippen molar-refractivity contribution in [1.29, 1.82) is 0 Å². The average Bonchev–Trinajstić information content (AvgIpc) is 3.09. The predicted octanol–water partition coefficient (Wildman–Crippen LogP) is 4.78. The Kier molecular flexibility index (Phi) is 5.03. The van der Waals surface area contributed by atoms with E-state index >= 15 is 0 Å². The van der Waals surface area contributed by atoms with Crippen LogP contribution in [0.4, 0.5) is 9.93 Å². The summed E-state index contributed by atoms with van der Waals surface area (Å²) in [5.74, 6) is 0. The molecule has 0 unspecified atom stereocenters. The van der Waals surface area contributed by atoms with Crippen LogP contribution in [0, 0.1) is 0 Å². The SMILES string of the molecule is C=CCNC(=O)Nc1nc(-c2ccc(-c3ccccc3)cc2)cs1. The van der Waals surface area contributed by atoms with E-state index in [0.717, 1.165) is 16.8 Å². The minimum atomic E-state index is -0.282. The molecular formula is C19H17N3OS. The molecule has 0 spiro atoms. The summed E-state index contributed by atoms with van der Waals surface area (Å²) < 4.78 is 0. The lowest BCUT2D eigenvalue weighted by Gasteiger charge is -2.03. The fourth-order valence-corrected chi connectivity index (χ4v) is 2.95. The maximum absolute atomic E-state index is 11.6. The Morgan fingerprint density at radius 2 is 1.71 bits per heavy atom. The largest absolute Gasteiger partial charge is 0.334 e. The number of thiazole rings is 1. The molecule has 0 bridgehead atoms. The van der Waals surface area contributed by atoms with Crippen molar-refractivity contribution >= 4 is 22.5 Å². The van der Waals surface area contributed by atoms with E-state index < -0.39 is 0 Å². The molecular weight excluding hydrogens is 318 g/mol. The number of carbonyl (C=O) groups excluding carboxylic acids is 1. The van der Waals surface area contributed by atoms with Gasteiger partial charge in [0.05, 0.1) is 5.69 Å². The van der Waals surface area contributed by atoms with Crippen molar-refractivity contribution in [2.45, 2.75) is 0 Å². The van der Waals surface area contributed by atoms with Gasteiger partial charge in [-0.3, -0.25) is 5.32 Å². The molecule has 4 nitrogen and oxygen atoms in total. The first-order valence-electron chi connectivity index (χ1n) is 7.53. The van der Waals surface area contributed by atoms with Gasteiger partial charge >= 0.3 is 6.03 Å². The number of carbonyl (C=O) groups is 1. The third-order valence-electron chi connectivity index (χ3n) is 3.42. The van der Waals surface area contributed by atoms with E-state index in [1.807, 2.05) is 35.7 Å². The number of nitrogens with zero attached hydrogens (tertiary/aromatic N) is 1. The Bertz CT molecular complexity index is 825. The predicted molar refractivity (Wildman–Crippen MR) is 100 cm³/mol. The second kappa shape index (κ2) is 7.57. The molecule has 0 saturated carbocycles. The van der Waals surface area contributed by atoms with Crippen molar-refractivity contribution in [2.75, 3.05) is 11.9 Å². The van der Waals surface area contributed by atoms with E-state index in [2.05, 4.69) is 46.5 Å². The van der Waals surface area contributed by atoms with Gasteiger partial charge in [0, 0.05) is 17.5 Å². The molecule has 2 amide bonds. The molecule has 3 aromatic rings. The lowest BCUT2D eigenvalue weighted by molar-refractivity contribution is 0.253. The van der Waals surface area contributed by atoms with Crippen LogP contribution in [0.25, 0.3) is 22.4 Å². The van der Waals surface area contributed by atoms with Crippen molar-refractivity contribution in [3.8, 4) is 22.4 Å². The van der Waals surface area contributed by atoms with Crippen molar-refractivity contribution in [2.24, 2.45) is 0 Å². The standard InChI is InChI=1S/C19H17N3OS/c1-2-12-20-18(23)22-19-21-17(13-24-19)16-10-8-15(9-11-16)14-6-4-3-5-7-14/h2-11,13H,1,12H2,(H2,20,21,22,23). The summed E-state index contributed by atoms with van der Waals surface area (Å²) in [7, 11) is 0. The maximum atomic E-state index is 11.6. The molecule has 0 saturated heterocycles. The smallest absolute Gasteiger partial charge is 0.321 e. The second-order valence-corrected chi connectivity index (χ2v) is 5.96. The van der Waals surface area contributed by atoms with Crippen molar-refractivity contribution < 1.29 is 4.79 Å². The van der Waals surface area contributed by atoms with Crippen molar-refractivity contribution in [3.63, 3.8) is 0 Å². The second-order valence-electron chi connectivity index (χ2n) is 5.10. The van der Waals surface area contributed by atoms with E-state index in [9.17, 15) is 4.79 Å². The summed E-state index contributed by atoms with van der Waals surface area (Å²) in [4.78, 5) is 16.1. The molecule has 0 fully saturated rings. The highest BCUT2D eigenvalue weighted by molar-refractivity contribution is 7.14. The molecule has 1 heterocycles. The van der Waals surface area contributed by atoms with Crippen molar-refractivity contribution in [1.82, 2.24) is 10.3 Å². The van der Waals surface area contributed by atoms with E-state index in [0.29, 0.717) is 11.7 Å². The number of amides is 2. The Labute approximate surface area is 144 Å². The van der Waals surface area contributed by atoms with E-state index in [-0.39, 0.29) is 6.03 Å². The van der Waals surface area contributed by atoms with Gasteiger partial charge in [0.2, 0.25) is 0 Å². The monoisotopic (exact) mass is 335 g/mol. The third-order valence-corrected chi connectivity index (χ3v) is 4.18. The Balaban J connectivity index is 1.71. The summed E-state index contributed by atoms with van der Waals surface area (Å²) in [6.45, 7) is 3.98. The topological polar surface area (TPSA) is 54.0 Å². The first kappa shape index (κ1) is 16.0. The molecule has 0 aliphatic heterocycles. The highest BCUT2D eigenvalue weighted by Gasteiger charge is 2.07.